The van der Waals surface area contributed by atoms with Gasteiger partial charge >= 0.3 is 0 Å². The van der Waals surface area contributed by atoms with Gasteiger partial charge in [0.05, 0.1) is 0 Å². The van der Waals surface area contributed by atoms with Crippen LogP contribution in [-0.4, -0.2) is 0 Å². The molecule has 20 rings (SSSR count). The first-order chi connectivity index (χ1) is 36.7. The Morgan fingerprint density at radius 2 is 0.920 bits per heavy atom. The third-order valence-corrected chi connectivity index (χ3v) is 24.2. The first-order valence-corrected chi connectivity index (χ1v) is 27.8. The van der Waals surface area contributed by atoms with Crippen LogP contribution in [0.15, 0.2) is 191 Å². The highest BCUT2D eigenvalue weighted by atomic mass is 19.1. The lowest BCUT2D eigenvalue weighted by molar-refractivity contribution is 0.0625. The molecule has 5 heteroatoms. The summed E-state index contributed by atoms with van der Waals surface area (Å²) < 4.78 is 79.6. The minimum Gasteiger partial charge on any atom is -0.207 e. The summed E-state index contributed by atoms with van der Waals surface area (Å²) in [7, 11) is 0. The van der Waals surface area contributed by atoms with Gasteiger partial charge in [0.2, 0.25) is 0 Å². The van der Waals surface area contributed by atoms with Gasteiger partial charge in [-0.25, -0.2) is 22.0 Å². The van der Waals surface area contributed by atoms with Crippen LogP contribution in [0, 0.1) is 106 Å². The Morgan fingerprint density at radius 3 is 1.56 bits per heavy atom. The zero-order valence-electron chi connectivity index (χ0n) is 40.7. The highest BCUT2D eigenvalue weighted by molar-refractivity contribution is 5.89. The van der Waals surface area contributed by atoms with Gasteiger partial charge in [0, 0.05) is 50.7 Å². The average Bonchev–Trinajstić information content (AvgIpc) is 2.89. The van der Waals surface area contributed by atoms with E-state index in [4.69, 9.17) is 0 Å². The summed E-state index contributed by atoms with van der Waals surface area (Å²) in [6.07, 6.45) is 13.9. The summed E-state index contributed by atoms with van der Waals surface area (Å²) in [5.41, 5.74) is 16.0. The second kappa shape index (κ2) is 12.4. The lowest BCUT2D eigenvalue weighted by Gasteiger charge is -2.66. The fraction of sp³-hybridized carbons (Fsp3) is 0.314. The van der Waals surface area contributed by atoms with Crippen molar-refractivity contribution in [1.82, 2.24) is 0 Å². The molecule has 18 unspecified atom stereocenters. The molecule has 0 spiro atoms. The molecular formula is C70H47F5. The smallest absolute Gasteiger partial charge is 0.123 e. The summed E-state index contributed by atoms with van der Waals surface area (Å²) >= 11 is 0. The second-order valence-electron chi connectivity index (χ2n) is 25.5. The van der Waals surface area contributed by atoms with E-state index in [0.717, 1.165) is 47.1 Å². The Morgan fingerprint density at radius 1 is 0.400 bits per heavy atom. The molecule has 14 aliphatic carbocycles. The number of benzene rings is 6. The van der Waals surface area contributed by atoms with Crippen molar-refractivity contribution in [2.45, 2.75) is 64.6 Å². The monoisotopic (exact) mass is 982 g/mol. The normalized spacial score (nSPS) is 42.7. The molecule has 75 heavy (non-hydrogen) atoms. The maximum Gasteiger partial charge on any atom is 0.123 e. The zero-order valence-corrected chi connectivity index (χ0v) is 40.7. The zero-order chi connectivity index (χ0) is 49.2. The van der Waals surface area contributed by atoms with Gasteiger partial charge < -0.3 is 0 Å². The topological polar surface area (TPSA) is 0 Å². The van der Waals surface area contributed by atoms with Crippen molar-refractivity contribution in [3.63, 3.8) is 0 Å². The van der Waals surface area contributed by atoms with Gasteiger partial charge in [-0.05, 0) is 212 Å². The largest absolute Gasteiger partial charge is 0.207 e. The molecule has 0 radical (unpaired) electrons. The van der Waals surface area contributed by atoms with Crippen molar-refractivity contribution in [3.8, 4) is 11.8 Å². The molecule has 6 aromatic carbocycles. The van der Waals surface area contributed by atoms with Gasteiger partial charge in [0.25, 0.3) is 0 Å². The van der Waals surface area contributed by atoms with Gasteiger partial charge in [-0.2, -0.15) is 0 Å². The molecule has 362 valence electrons. The van der Waals surface area contributed by atoms with Crippen LogP contribution in [0.1, 0.15) is 87.6 Å². The number of allylic oxidation sites excluding steroid dienone is 10. The Kier molecular flexibility index (Phi) is 6.70. The van der Waals surface area contributed by atoms with Crippen LogP contribution < -0.4 is 0 Å². The molecule has 0 nitrogen and oxygen atoms in total. The number of hydrogen-bond acceptors (Lipinski definition) is 0. The van der Waals surface area contributed by atoms with Crippen molar-refractivity contribution in [2.75, 3.05) is 0 Å². The van der Waals surface area contributed by atoms with Crippen molar-refractivity contribution in [1.29, 1.82) is 0 Å². The Balaban J connectivity index is 1.12. The van der Waals surface area contributed by atoms with Gasteiger partial charge in [0.15, 0.2) is 0 Å². The van der Waals surface area contributed by atoms with Gasteiger partial charge in [-0.15, -0.1) is 0 Å². The van der Waals surface area contributed by atoms with Crippen LogP contribution in [0.2, 0.25) is 0 Å². The van der Waals surface area contributed by atoms with E-state index in [2.05, 4.69) is 109 Å². The van der Waals surface area contributed by atoms with E-state index in [1.54, 1.807) is 71.8 Å². The summed E-state index contributed by atoms with van der Waals surface area (Å²) in [5, 5.41) is 0. The minimum atomic E-state index is -0.794. The third-order valence-electron chi connectivity index (χ3n) is 24.2. The Labute approximate surface area is 431 Å². The van der Waals surface area contributed by atoms with Crippen LogP contribution in [-0.2, 0) is 27.1 Å². The summed E-state index contributed by atoms with van der Waals surface area (Å²) in [4.78, 5) is 0. The summed E-state index contributed by atoms with van der Waals surface area (Å²) in [6.45, 7) is 0. The average molecular weight is 983 g/mol. The quantitative estimate of drug-likeness (QED) is 0.0917. The molecule has 0 heterocycles. The van der Waals surface area contributed by atoms with Crippen LogP contribution >= 0.6 is 0 Å². The third kappa shape index (κ3) is 3.80. The molecule has 5 fully saturated rings. The second-order valence-corrected chi connectivity index (χ2v) is 25.5. The van der Waals surface area contributed by atoms with E-state index in [0.29, 0.717) is 6.42 Å². The van der Waals surface area contributed by atoms with Gasteiger partial charge in [-0.1, -0.05) is 120 Å². The molecule has 0 N–H and O–H groups in total. The standard InChI is InChI=1S/C70H47F5/c71-40-13-3-35(4-14-40)66-31-33-1-2-34-32-67(36-5-15-41(72)16-6-36)54-46(34)24-26-48-50-28-30-52-51-29-27-49-47-25-23-45(33)53(66)55(47)68(37-7-17-42(73)18-8-37)57(49)59(51)70(39-11-21-44(75)22-12-39)60(52)58(50)69(56(48)54,38-9-19-43(74)20-10-38)64-62(67)61(66)63(68)65(64)70/h3-27,29,33-34,46,48-52,54,56-57,59,63H,28,30-32H2. The molecule has 14 aliphatic rings. The maximum atomic E-state index is 16.0. The van der Waals surface area contributed by atoms with Gasteiger partial charge in [0.1, 0.15) is 29.1 Å². The first kappa shape index (κ1) is 40.5. The number of fused-ring (bicyclic) bond motifs is 7. The molecule has 0 aromatic heterocycles. The molecule has 18 atom stereocenters. The van der Waals surface area contributed by atoms with Gasteiger partial charge in [-0.3, -0.25) is 0 Å². The van der Waals surface area contributed by atoms with Crippen LogP contribution in [0.5, 0.6) is 0 Å². The fourth-order valence-corrected chi connectivity index (χ4v) is 23.2. The predicted octanol–water partition coefficient (Wildman–Crippen LogP) is 14.5. The highest BCUT2D eigenvalue weighted by Crippen LogP contribution is 2.92. The SMILES string of the molecule is Fc1ccc(C23CC4C#CC5CC6(c7ccc(F)cc7)C7=C2C2C8=C7C7(c9ccc(F)cc9)C9=C%10C(CCC9C9C=CC5C6C97)C5C=CC6c7ccc4c3c7C2(c2ccc(F)cc2)C6C5C%108c2ccc(F)cc2)cc1. The number of rotatable bonds is 5. The van der Waals surface area contributed by atoms with Crippen molar-refractivity contribution < 1.29 is 22.0 Å². The Bertz CT molecular complexity index is 3990. The number of hydrogen-bond donors (Lipinski definition) is 0. The Hall–Kier alpha value is -6.77. The molecule has 6 aromatic rings. The molecule has 0 aliphatic heterocycles. The fourth-order valence-electron chi connectivity index (χ4n) is 23.2. The highest BCUT2D eigenvalue weighted by Gasteiger charge is 2.87. The lowest BCUT2D eigenvalue weighted by Crippen LogP contribution is -2.63. The molecule has 4 bridgehead atoms. The molecular weight excluding hydrogens is 936 g/mol. The molecule has 0 amide bonds. The minimum absolute atomic E-state index is 0.0135. The van der Waals surface area contributed by atoms with Crippen LogP contribution in [0.25, 0.3) is 0 Å². The van der Waals surface area contributed by atoms with E-state index in [-0.39, 0.29) is 106 Å². The van der Waals surface area contributed by atoms with E-state index in [9.17, 15) is 0 Å². The first-order valence-electron chi connectivity index (χ1n) is 27.8. The van der Waals surface area contributed by atoms with E-state index in [1.807, 2.05) is 0 Å². The van der Waals surface area contributed by atoms with E-state index >= 15 is 22.0 Å². The predicted molar refractivity (Wildman–Crippen MR) is 275 cm³/mol. The maximum absolute atomic E-state index is 16.0. The van der Waals surface area contributed by atoms with E-state index < -0.39 is 27.1 Å². The molecule has 0 saturated heterocycles. The van der Waals surface area contributed by atoms with Crippen molar-refractivity contribution >= 4 is 0 Å². The van der Waals surface area contributed by atoms with Crippen molar-refractivity contribution in [2.24, 2.45) is 65.1 Å². The summed E-state index contributed by atoms with van der Waals surface area (Å²) in [6, 6.07) is 42.9. The van der Waals surface area contributed by atoms with Crippen molar-refractivity contribution in [3.05, 3.63) is 270 Å². The van der Waals surface area contributed by atoms with E-state index in [1.165, 1.54) is 44.5 Å². The lowest BCUT2D eigenvalue weighted by atomic mass is 9.36. The van der Waals surface area contributed by atoms with Crippen LogP contribution in [0.3, 0.4) is 0 Å². The van der Waals surface area contributed by atoms with Crippen LogP contribution in [0.4, 0.5) is 22.0 Å². The molecule has 5 saturated carbocycles. The number of halogens is 5. The summed E-state index contributed by atoms with van der Waals surface area (Å²) in [5.74, 6) is 7.47.